The maximum Gasteiger partial charge on any atom is 0.336 e. The van der Waals surface area contributed by atoms with Crippen LogP contribution in [-0.2, 0) is 19.5 Å². The number of anilines is 1. The summed E-state index contributed by atoms with van der Waals surface area (Å²) in [5.41, 5.74) is 4.23. The fourth-order valence-electron chi connectivity index (χ4n) is 4.94. The first-order chi connectivity index (χ1) is 19.9. The molecule has 8 heteroatoms. The number of nitrogens with one attached hydrogen (secondary N) is 2. The minimum Gasteiger partial charge on any atom is -0.478 e. The number of urea groups is 1. The Morgan fingerprint density at radius 3 is 2.44 bits per heavy atom. The van der Waals surface area contributed by atoms with Crippen molar-refractivity contribution >= 4 is 40.1 Å². The molecule has 41 heavy (non-hydrogen) atoms. The van der Waals surface area contributed by atoms with Crippen LogP contribution in [0.1, 0.15) is 47.2 Å². The third-order valence-corrected chi connectivity index (χ3v) is 7.38. The predicted octanol–water partition coefficient (Wildman–Crippen LogP) is 7.77. The van der Waals surface area contributed by atoms with Gasteiger partial charge in [0.25, 0.3) is 0 Å². The second-order valence-corrected chi connectivity index (χ2v) is 10.2. The molecular weight excluding hydrogens is 536 g/mol. The molecule has 208 valence electrons. The van der Waals surface area contributed by atoms with E-state index in [4.69, 9.17) is 11.6 Å². The van der Waals surface area contributed by atoms with E-state index in [1.165, 1.54) is 0 Å². The van der Waals surface area contributed by atoms with Gasteiger partial charge in [-0.25, -0.2) is 14.6 Å². The summed E-state index contributed by atoms with van der Waals surface area (Å²) >= 11 is 6.61. The summed E-state index contributed by atoms with van der Waals surface area (Å²) in [5, 5.41) is 17.8. The number of fused-ring (bicyclic) bond motifs is 1. The quantitative estimate of drug-likeness (QED) is 0.161. The van der Waals surface area contributed by atoms with Gasteiger partial charge in [-0.15, -0.1) is 0 Å². The van der Waals surface area contributed by atoms with Gasteiger partial charge in [-0.1, -0.05) is 104 Å². The third-order valence-electron chi connectivity index (χ3n) is 7.07. The average Bonchev–Trinajstić information content (AvgIpc) is 3.28. The average molecular weight is 567 g/mol. The lowest BCUT2D eigenvalue weighted by Crippen LogP contribution is -2.29. The van der Waals surface area contributed by atoms with Gasteiger partial charge in [-0.2, -0.15) is 0 Å². The number of carboxylic acid groups (broad SMARTS) is 1. The highest BCUT2D eigenvalue weighted by molar-refractivity contribution is 6.30. The Balaban J connectivity index is 1.35. The topological polar surface area (TPSA) is 96.3 Å². The van der Waals surface area contributed by atoms with Gasteiger partial charge in [0, 0.05) is 18.4 Å². The van der Waals surface area contributed by atoms with Gasteiger partial charge in [-0.3, -0.25) is 0 Å². The zero-order valence-corrected chi connectivity index (χ0v) is 23.5. The van der Waals surface area contributed by atoms with E-state index >= 15 is 0 Å². The smallest absolute Gasteiger partial charge is 0.336 e. The van der Waals surface area contributed by atoms with Gasteiger partial charge in [0.1, 0.15) is 5.82 Å². The predicted molar refractivity (Wildman–Crippen MR) is 164 cm³/mol. The van der Waals surface area contributed by atoms with Crippen LogP contribution in [0.3, 0.4) is 0 Å². The summed E-state index contributed by atoms with van der Waals surface area (Å²) in [7, 11) is 0. The number of rotatable bonds is 10. The number of imidazole rings is 1. The summed E-state index contributed by atoms with van der Waals surface area (Å²) < 4.78 is 2.07. The molecule has 0 aliphatic heterocycles. The van der Waals surface area contributed by atoms with E-state index in [0.717, 1.165) is 58.4 Å². The molecule has 1 aromatic heterocycles. The first-order valence-electron chi connectivity index (χ1n) is 13.6. The van der Waals surface area contributed by atoms with Gasteiger partial charge in [0.15, 0.2) is 5.15 Å². The zero-order valence-electron chi connectivity index (χ0n) is 22.7. The summed E-state index contributed by atoms with van der Waals surface area (Å²) in [4.78, 5) is 29.2. The van der Waals surface area contributed by atoms with Crippen LogP contribution in [0.25, 0.3) is 21.9 Å². The van der Waals surface area contributed by atoms with Crippen molar-refractivity contribution in [3.63, 3.8) is 0 Å². The van der Waals surface area contributed by atoms with Crippen molar-refractivity contribution in [1.29, 1.82) is 0 Å². The van der Waals surface area contributed by atoms with E-state index in [0.29, 0.717) is 17.3 Å². The lowest BCUT2D eigenvalue weighted by atomic mass is 9.99. The Morgan fingerprint density at radius 1 is 0.927 bits per heavy atom. The summed E-state index contributed by atoms with van der Waals surface area (Å²) in [6, 6.07) is 28.1. The van der Waals surface area contributed by atoms with E-state index in [-0.39, 0.29) is 18.1 Å². The van der Waals surface area contributed by atoms with Gasteiger partial charge in [0.2, 0.25) is 0 Å². The van der Waals surface area contributed by atoms with Gasteiger partial charge in [0.05, 0.1) is 23.5 Å². The van der Waals surface area contributed by atoms with Crippen molar-refractivity contribution in [2.24, 2.45) is 0 Å². The van der Waals surface area contributed by atoms with Crippen molar-refractivity contribution in [3.8, 4) is 11.1 Å². The molecule has 7 nitrogen and oxygen atoms in total. The number of hydrogen-bond acceptors (Lipinski definition) is 3. The van der Waals surface area contributed by atoms with Gasteiger partial charge < -0.3 is 20.3 Å². The molecule has 0 spiro atoms. The fraction of sp³-hybridized carbons (Fsp3) is 0.182. The molecule has 0 radical (unpaired) electrons. The molecular formula is C33H31ClN4O3. The number of carbonyl (C=O) groups excluding carboxylic acids is 1. The van der Waals surface area contributed by atoms with Crippen LogP contribution in [0, 0.1) is 0 Å². The van der Waals surface area contributed by atoms with Gasteiger partial charge >= 0.3 is 12.0 Å². The highest BCUT2D eigenvalue weighted by atomic mass is 35.5. The van der Waals surface area contributed by atoms with Gasteiger partial charge in [-0.05, 0) is 40.6 Å². The Hall–Kier alpha value is -4.62. The number of aryl methyl sites for hydroxylation is 1. The molecule has 1 heterocycles. The number of aromatic nitrogens is 2. The number of nitrogens with zero attached hydrogens (tertiary/aromatic N) is 2. The minimum atomic E-state index is -0.958. The zero-order chi connectivity index (χ0) is 28.8. The van der Waals surface area contributed by atoms with Crippen molar-refractivity contribution in [2.75, 3.05) is 5.32 Å². The molecule has 0 aliphatic rings. The maximum atomic E-state index is 12.9. The Bertz CT molecular complexity index is 1690. The van der Waals surface area contributed by atoms with Crippen LogP contribution in [-0.4, -0.2) is 26.7 Å². The number of carbonyl (C=O) groups is 2. The lowest BCUT2D eigenvalue weighted by Gasteiger charge is -2.15. The molecule has 0 unspecified atom stereocenters. The number of aromatic carboxylic acids is 1. The van der Waals surface area contributed by atoms with Crippen molar-refractivity contribution in [3.05, 3.63) is 119 Å². The van der Waals surface area contributed by atoms with Crippen LogP contribution in [0.4, 0.5) is 10.5 Å². The Morgan fingerprint density at radius 2 is 1.66 bits per heavy atom. The molecule has 0 fully saturated rings. The van der Waals surface area contributed by atoms with E-state index < -0.39 is 5.97 Å². The second kappa shape index (κ2) is 12.7. The molecule has 3 N–H and O–H groups in total. The van der Waals surface area contributed by atoms with Crippen molar-refractivity contribution in [1.82, 2.24) is 14.9 Å². The fourth-order valence-corrected chi connectivity index (χ4v) is 5.21. The van der Waals surface area contributed by atoms with Crippen LogP contribution in [0.2, 0.25) is 5.15 Å². The number of unbranched alkanes of at least 4 members (excludes halogenated alkanes) is 1. The third kappa shape index (κ3) is 6.42. The number of carboxylic acids is 1. The van der Waals surface area contributed by atoms with Crippen LogP contribution >= 0.6 is 11.6 Å². The largest absolute Gasteiger partial charge is 0.478 e. The van der Waals surface area contributed by atoms with E-state index in [1.807, 2.05) is 78.9 Å². The molecule has 0 saturated carbocycles. The molecule has 0 atom stereocenters. The molecule has 0 bridgehead atoms. The highest BCUT2D eigenvalue weighted by Crippen LogP contribution is 2.26. The SMILES string of the molecule is CCCCc1nc(Cl)c(CNC(=O)Nc2cccc3ccccc23)n1Cc1ccc(-c2ccccc2C(=O)O)cc1. The molecule has 4 aromatic carbocycles. The first kappa shape index (κ1) is 27.9. The van der Waals surface area contributed by atoms with Crippen molar-refractivity contribution < 1.29 is 14.7 Å². The highest BCUT2D eigenvalue weighted by Gasteiger charge is 2.18. The molecule has 5 rings (SSSR count). The normalized spacial score (nSPS) is 11.0. The molecule has 0 aliphatic carbocycles. The molecule has 5 aromatic rings. The maximum absolute atomic E-state index is 12.9. The summed E-state index contributed by atoms with van der Waals surface area (Å²) in [6.07, 6.45) is 2.75. The Labute approximate surface area is 243 Å². The second-order valence-electron chi connectivity index (χ2n) is 9.84. The number of amides is 2. The van der Waals surface area contributed by atoms with Crippen LogP contribution in [0.5, 0.6) is 0 Å². The summed E-state index contributed by atoms with van der Waals surface area (Å²) in [5.74, 6) is -0.0941. The van der Waals surface area contributed by atoms with Crippen molar-refractivity contribution in [2.45, 2.75) is 39.3 Å². The van der Waals surface area contributed by atoms with E-state index in [1.54, 1.807) is 12.1 Å². The Kier molecular flexibility index (Phi) is 8.65. The first-order valence-corrected chi connectivity index (χ1v) is 14.0. The molecule has 0 saturated heterocycles. The van der Waals surface area contributed by atoms with Crippen LogP contribution < -0.4 is 10.6 Å². The van der Waals surface area contributed by atoms with Crippen LogP contribution in [0.15, 0.2) is 91.0 Å². The van der Waals surface area contributed by atoms with E-state index in [9.17, 15) is 14.7 Å². The lowest BCUT2D eigenvalue weighted by molar-refractivity contribution is 0.0697. The molecule has 2 amide bonds. The number of hydrogen-bond donors (Lipinski definition) is 3. The van der Waals surface area contributed by atoms with E-state index in [2.05, 4.69) is 27.1 Å². The number of benzene rings is 4. The summed E-state index contributed by atoms with van der Waals surface area (Å²) in [6.45, 7) is 2.85. The standard InChI is InChI=1S/C33H31ClN4O3/c1-2-3-15-30-37-31(34)29(20-35-33(41)36-28-14-8-10-23-9-4-5-12-26(23)28)38(30)21-22-16-18-24(19-17-22)25-11-6-7-13-27(25)32(39)40/h4-14,16-19H,2-3,15,20-21H2,1H3,(H,39,40)(H2,35,36,41). The minimum absolute atomic E-state index is 0.207. The number of halogens is 1. The monoisotopic (exact) mass is 566 g/mol.